The van der Waals surface area contributed by atoms with Crippen LogP contribution in [0.4, 0.5) is 4.79 Å². The van der Waals surface area contributed by atoms with Gasteiger partial charge in [-0.2, -0.15) is 0 Å². The van der Waals surface area contributed by atoms with Gasteiger partial charge < -0.3 is 14.3 Å². The summed E-state index contributed by atoms with van der Waals surface area (Å²) in [5.74, 6) is -1.45. The first-order valence-corrected chi connectivity index (χ1v) is 9.44. The van der Waals surface area contributed by atoms with E-state index in [1.165, 1.54) is 18.2 Å². The van der Waals surface area contributed by atoms with Crippen molar-refractivity contribution in [2.45, 2.75) is 20.0 Å². The number of amides is 2. The van der Waals surface area contributed by atoms with E-state index in [0.717, 1.165) is 4.90 Å². The summed E-state index contributed by atoms with van der Waals surface area (Å²) in [6.45, 7) is 2.91. The van der Waals surface area contributed by atoms with Crippen molar-refractivity contribution in [2.24, 2.45) is 0 Å². The Labute approximate surface area is 170 Å². The number of thioether (sulfide) groups is 1. The van der Waals surface area contributed by atoms with E-state index in [9.17, 15) is 19.2 Å². The van der Waals surface area contributed by atoms with Crippen LogP contribution in [-0.2, 0) is 14.3 Å². The third kappa shape index (κ3) is 4.75. The van der Waals surface area contributed by atoms with Gasteiger partial charge >= 0.3 is 11.9 Å². The summed E-state index contributed by atoms with van der Waals surface area (Å²) in [7, 11) is 0. The van der Waals surface area contributed by atoms with Gasteiger partial charge in [-0.3, -0.25) is 19.3 Å². The summed E-state index contributed by atoms with van der Waals surface area (Å²) in [6.07, 6.45) is 1.08. The van der Waals surface area contributed by atoms with Crippen LogP contribution in [0.25, 0.3) is 17.4 Å². The Hall–Kier alpha value is -3.33. The maximum Gasteiger partial charge on any atom is 0.335 e. The molecule has 0 radical (unpaired) electrons. The molecule has 1 aliphatic rings. The molecule has 29 heavy (non-hydrogen) atoms. The highest BCUT2D eigenvalue weighted by Crippen LogP contribution is 2.33. The fraction of sp³-hybridized carbons (Fsp3) is 0.200. The predicted molar refractivity (Wildman–Crippen MR) is 105 cm³/mol. The topological polar surface area (TPSA) is 114 Å². The van der Waals surface area contributed by atoms with E-state index in [2.05, 4.69) is 0 Å². The number of carbonyl (C=O) groups excluding carboxylic acids is 3. The number of carbonyl (C=O) groups is 4. The highest BCUT2D eigenvalue weighted by atomic mass is 32.2. The normalized spacial score (nSPS) is 15.4. The van der Waals surface area contributed by atoms with E-state index in [1.807, 2.05) is 0 Å². The lowest BCUT2D eigenvalue weighted by Crippen LogP contribution is -2.35. The van der Waals surface area contributed by atoms with Gasteiger partial charge in [0.05, 0.1) is 16.6 Å². The van der Waals surface area contributed by atoms with Crippen LogP contribution in [-0.4, -0.2) is 45.7 Å². The van der Waals surface area contributed by atoms with Gasteiger partial charge in [-0.05, 0) is 49.9 Å². The summed E-state index contributed by atoms with van der Waals surface area (Å²) in [5, 5.41) is 8.39. The Balaban J connectivity index is 1.74. The van der Waals surface area contributed by atoms with Crippen molar-refractivity contribution < 1.29 is 33.4 Å². The van der Waals surface area contributed by atoms with Gasteiger partial charge in [0.1, 0.15) is 18.1 Å². The molecule has 2 amide bonds. The average Bonchev–Trinajstić information content (AvgIpc) is 3.22. The van der Waals surface area contributed by atoms with E-state index >= 15 is 0 Å². The minimum absolute atomic E-state index is 0.134. The van der Waals surface area contributed by atoms with Crippen molar-refractivity contribution in [2.75, 3.05) is 6.54 Å². The fourth-order valence-electron chi connectivity index (χ4n) is 2.56. The number of nitrogens with zero attached hydrogens (tertiary/aromatic N) is 1. The summed E-state index contributed by atoms with van der Waals surface area (Å²) in [6, 6.07) is 9.44. The Morgan fingerprint density at radius 1 is 1.17 bits per heavy atom. The summed E-state index contributed by atoms with van der Waals surface area (Å²) < 4.78 is 10.6. The van der Waals surface area contributed by atoms with Crippen LogP contribution in [0.15, 0.2) is 45.7 Å². The third-order valence-corrected chi connectivity index (χ3v) is 4.75. The van der Waals surface area contributed by atoms with Crippen LogP contribution >= 0.6 is 11.8 Å². The lowest BCUT2D eigenvalue weighted by Gasteiger charge is -2.13. The molecule has 3 rings (SSSR count). The summed E-state index contributed by atoms with van der Waals surface area (Å²) in [4.78, 5) is 48.1. The van der Waals surface area contributed by atoms with Gasteiger partial charge in [0.15, 0.2) is 0 Å². The summed E-state index contributed by atoms with van der Waals surface area (Å²) >= 11 is 0.713. The number of hydrogen-bond acceptors (Lipinski definition) is 7. The second kappa shape index (κ2) is 8.36. The largest absolute Gasteiger partial charge is 0.478 e. The first kappa shape index (κ1) is 20.4. The van der Waals surface area contributed by atoms with Crippen molar-refractivity contribution in [3.8, 4) is 11.3 Å². The molecule has 0 atom stereocenters. The van der Waals surface area contributed by atoms with E-state index in [4.69, 9.17) is 14.3 Å². The quantitative estimate of drug-likeness (QED) is 0.562. The second-order valence-corrected chi connectivity index (χ2v) is 7.38. The van der Waals surface area contributed by atoms with E-state index < -0.39 is 29.6 Å². The molecule has 150 valence electrons. The molecule has 8 nitrogen and oxygen atoms in total. The summed E-state index contributed by atoms with van der Waals surface area (Å²) in [5.41, 5.74) is 0.824. The Bertz CT molecular complexity index is 1000. The van der Waals surface area contributed by atoms with Gasteiger partial charge in [-0.15, -0.1) is 0 Å². The van der Waals surface area contributed by atoms with Crippen molar-refractivity contribution in [3.63, 3.8) is 0 Å². The number of carboxylic acid groups (broad SMARTS) is 1. The number of furan rings is 1. The van der Waals surface area contributed by atoms with E-state index in [0.29, 0.717) is 28.8 Å². The maximum absolute atomic E-state index is 12.4. The molecule has 1 fully saturated rings. The molecule has 9 heteroatoms. The third-order valence-electron chi connectivity index (χ3n) is 3.84. The van der Waals surface area contributed by atoms with Gasteiger partial charge in [0.2, 0.25) is 0 Å². The SMILES string of the molecule is CC(C)OC(=O)CN1C(=O)S/C(=C\c2ccc(-c3ccc(C(=O)O)cc3)o2)C1=O. The molecule has 1 aliphatic heterocycles. The average molecular weight is 415 g/mol. The fourth-order valence-corrected chi connectivity index (χ4v) is 3.38. The molecule has 0 spiro atoms. The Kier molecular flexibility index (Phi) is 5.88. The number of aromatic carboxylic acids is 1. The molecule has 1 N–H and O–H groups in total. The smallest absolute Gasteiger partial charge is 0.335 e. The van der Waals surface area contributed by atoms with E-state index in [-0.39, 0.29) is 16.6 Å². The zero-order chi connectivity index (χ0) is 21.1. The minimum Gasteiger partial charge on any atom is -0.478 e. The van der Waals surface area contributed by atoms with Crippen molar-refractivity contribution in [1.82, 2.24) is 4.90 Å². The number of esters is 1. The predicted octanol–water partition coefficient (Wildman–Crippen LogP) is 3.63. The highest BCUT2D eigenvalue weighted by molar-refractivity contribution is 8.18. The lowest BCUT2D eigenvalue weighted by atomic mass is 10.1. The molecule has 0 aliphatic carbocycles. The van der Waals surface area contributed by atoms with Gasteiger partial charge in [0.25, 0.3) is 11.1 Å². The number of carboxylic acids is 1. The molecule has 1 aromatic carbocycles. The molecule has 0 unspecified atom stereocenters. The molecular weight excluding hydrogens is 398 g/mol. The zero-order valence-corrected chi connectivity index (χ0v) is 16.4. The van der Waals surface area contributed by atoms with Crippen LogP contribution in [0, 0.1) is 0 Å². The Morgan fingerprint density at radius 3 is 2.48 bits per heavy atom. The van der Waals surface area contributed by atoms with Crippen molar-refractivity contribution >= 4 is 40.9 Å². The molecule has 2 heterocycles. The molecular formula is C20H17NO7S. The lowest BCUT2D eigenvalue weighted by molar-refractivity contribution is -0.149. The Morgan fingerprint density at radius 2 is 1.86 bits per heavy atom. The van der Waals surface area contributed by atoms with Crippen LogP contribution < -0.4 is 0 Å². The first-order valence-electron chi connectivity index (χ1n) is 8.63. The van der Waals surface area contributed by atoms with Crippen LogP contribution in [0.5, 0.6) is 0 Å². The van der Waals surface area contributed by atoms with Gasteiger partial charge in [0, 0.05) is 11.6 Å². The number of rotatable bonds is 6. The molecule has 0 saturated carbocycles. The zero-order valence-electron chi connectivity index (χ0n) is 15.6. The number of hydrogen-bond donors (Lipinski definition) is 1. The van der Waals surface area contributed by atoms with Gasteiger partial charge in [-0.25, -0.2) is 4.79 Å². The maximum atomic E-state index is 12.4. The standard InChI is InChI=1S/C20H17NO7S/c1-11(2)27-17(22)10-21-18(23)16(29-20(21)26)9-14-7-8-15(28-14)12-3-5-13(6-4-12)19(24)25/h3-9,11H,10H2,1-2H3,(H,24,25)/b16-9-. The van der Waals surface area contributed by atoms with Crippen LogP contribution in [0.3, 0.4) is 0 Å². The molecule has 1 saturated heterocycles. The second-order valence-electron chi connectivity index (χ2n) is 6.39. The van der Waals surface area contributed by atoms with E-state index in [1.54, 1.807) is 38.1 Å². The molecule has 1 aromatic heterocycles. The van der Waals surface area contributed by atoms with Crippen LogP contribution in [0.1, 0.15) is 30.0 Å². The van der Waals surface area contributed by atoms with Crippen molar-refractivity contribution in [1.29, 1.82) is 0 Å². The minimum atomic E-state index is -1.02. The van der Waals surface area contributed by atoms with Crippen molar-refractivity contribution in [3.05, 3.63) is 52.6 Å². The molecule has 2 aromatic rings. The number of ether oxygens (including phenoxy) is 1. The van der Waals surface area contributed by atoms with Gasteiger partial charge in [-0.1, -0.05) is 12.1 Å². The first-order chi connectivity index (χ1) is 13.7. The number of benzene rings is 1. The molecule has 0 bridgehead atoms. The monoisotopic (exact) mass is 415 g/mol. The number of imide groups is 1. The highest BCUT2D eigenvalue weighted by Gasteiger charge is 2.37. The van der Waals surface area contributed by atoms with Crippen LogP contribution in [0.2, 0.25) is 0 Å².